The molecule has 2 bridgehead atoms. The van der Waals surface area contributed by atoms with Gasteiger partial charge in [-0.05, 0) is 38.2 Å². The molecule has 2 amide bonds. The number of ether oxygens (including phenoxy) is 5. The Kier molecular flexibility index (Phi) is 14.4. The van der Waals surface area contributed by atoms with Crippen LogP contribution in [0.5, 0.6) is 0 Å². The minimum absolute atomic E-state index is 0.0175. The van der Waals surface area contributed by atoms with Crippen molar-refractivity contribution in [2.75, 3.05) is 27.9 Å². The molecule has 0 spiro atoms. The Balaban J connectivity index is 2.71. The Morgan fingerprint density at radius 2 is 1.73 bits per heavy atom. The van der Waals surface area contributed by atoms with Gasteiger partial charge in [-0.2, -0.15) is 0 Å². The molecule has 6 atom stereocenters. The maximum absolute atomic E-state index is 13.5. The SMILES string of the molecule is COC1=C2CC(C)CC(OC)[C@@H](OC(=O)CCN)[C@H](C)/C=C(/C)C(OC(N)=O)C(OC)/C=C\C=C(/C)C(=O)NC(=CC1=O)C2=O. The molecule has 13 nitrogen and oxygen atoms in total. The predicted octanol–water partition coefficient (Wildman–Crippen LogP) is 2.31. The molecule has 0 saturated carbocycles. The van der Waals surface area contributed by atoms with Crippen molar-refractivity contribution in [3.8, 4) is 0 Å². The minimum atomic E-state index is -1.03. The summed E-state index contributed by atoms with van der Waals surface area (Å²) in [5.74, 6) is -3.11. The van der Waals surface area contributed by atoms with E-state index in [1.165, 1.54) is 40.4 Å². The monoisotopic (exact) mass is 631 g/mol. The number of primary amides is 1. The van der Waals surface area contributed by atoms with E-state index >= 15 is 0 Å². The molecule has 1 aliphatic carbocycles. The summed E-state index contributed by atoms with van der Waals surface area (Å²) in [5, 5.41) is 2.53. The number of allylic oxidation sites excluding steroid dienone is 4. The van der Waals surface area contributed by atoms with E-state index in [0.717, 1.165) is 6.08 Å². The van der Waals surface area contributed by atoms with Crippen LogP contribution in [-0.2, 0) is 42.9 Å². The molecule has 5 N–H and O–H groups in total. The second-order valence-corrected chi connectivity index (χ2v) is 11.1. The average molecular weight is 632 g/mol. The van der Waals surface area contributed by atoms with E-state index < -0.39 is 59.9 Å². The Labute approximate surface area is 263 Å². The van der Waals surface area contributed by atoms with Crippen molar-refractivity contribution in [3.05, 3.63) is 58.6 Å². The molecule has 2 aliphatic rings. The maximum atomic E-state index is 13.5. The average Bonchev–Trinajstić information content (AvgIpc) is 2.97. The van der Waals surface area contributed by atoms with Crippen LogP contribution < -0.4 is 16.8 Å². The number of fused-ring (bicyclic) bond motifs is 2. The summed E-state index contributed by atoms with van der Waals surface area (Å²) in [6.45, 7) is 7.01. The second-order valence-electron chi connectivity index (χ2n) is 11.1. The fourth-order valence-electron chi connectivity index (χ4n) is 5.28. The van der Waals surface area contributed by atoms with Gasteiger partial charge in [-0.1, -0.05) is 38.2 Å². The molecular weight excluding hydrogens is 586 g/mol. The van der Waals surface area contributed by atoms with Crippen LogP contribution in [0.4, 0.5) is 4.79 Å². The molecule has 1 aliphatic heterocycles. The third-order valence-electron chi connectivity index (χ3n) is 7.53. The summed E-state index contributed by atoms with van der Waals surface area (Å²) >= 11 is 0. The van der Waals surface area contributed by atoms with E-state index in [9.17, 15) is 24.0 Å². The number of methoxy groups -OCH3 is 3. The standard InChI is InChI=1S/C32H45N3O10/c1-17-13-21-27(38)22(16-23(36)30(21)43-7)35-31(39)18(2)9-8-10-24(41-5)28(45-32(34)40)19(3)15-20(4)29(25(14-17)42-6)44-26(37)11-12-33/h8-10,15-17,20,24-25,28-29H,11-14,33H2,1-7H3,(H2,34,40)(H,35,39)/b10-8-,18-9+,19-15-/t17?,20-,24?,25?,28?,29+/m1/s1. The van der Waals surface area contributed by atoms with Crippen molar-refractivity contribution in [2.45, 2.75) is 71.4 Å². The number of Topliss-reactive ketones (excluding diaryl/α,β-unsaturated/α-hetero) is 1. The summed E-state index contributed by atoms with van der Waals surface area (Å²) < 4.78 is 28.0. The van der Waals surface area contributed by atoms with Crippen molar-refractivity contribution in [2.24, 2.45) is 23.3 Å². The first-order valence-corrected chi connectivity index (χ1v) is 14.6. The molecule has 0 aromatic heterocycles. The maximum Gasteiger partial charge on any atom is 0.405 e. The van der Waals surface area contributed by atoms with Gasteiger partial charge in [-0.15, -0.1) is 0 Å². The minimum Gasteiger partial charge on any atom is -0.492 e. The first-order chi connectivity index (χ1) is 21.3. The Morgan fingerprint density at radius 3 is 2.31 bits per heavy atom. The third-order valence-corrected chi connectivity index (χ3v) is 7.53. The zero-order chi connectivity index (χ0) is 33.8. The van der Waals surface area contributed by atoms with Gasteiger partial charge in [0.1, 0.15) is 12.2 Å². The second kappa shape index (κ2) is 17.4. The van der Waals surface area contributed by atoms with Crippen molar-refractivity contribution >= 4 is 29.5 Å². The molecule has 0 radical (unpaired) electrons. The zero-order valence-corrected chi connectivity index (χ0v) is 26.9. The molecule has 1 heterocycles. The number of carbonyl (C=O) groups is 5. The van der Waals surface area contributed by atoms with Crippen LogP contribution in [0.25, 0.3) is 0 Å². The van der Waals surface area contributed by atoms with Gasteiger partial charge in [0.15, 0.2) is 11.9 Å². The molecular formula is C32H45N3O10. The third kappa shape index (κ3) is 10.2. The van der Waals surface area contributed by atoms with Gasteiger partial charge >= 0.3 is 12.1 Å². The van der Waals surface area contributed by atoms with Gasteiger partial charge in [-0.3, -0.25) is 19.2 Å². The van der Waals surface area contributed by atoms with Gasteiger partial charge in [-0.25, -0.2) is 4.79 Å². The highest BCUT2D eigenvalue weighted by molar-refractivity contribution is 6.23. The van der Waals surface area contributed by atoms with Crippen LogP contribution in [0.1, 0.15) is 47.0 Å². The van der Waals surface area contributed by atoms with Crippen molar-refractivity contribution in [1.29, 1.82) is 0 Å². The summed E-state index contributed by atoms with van der Waals surface area (Å²) in [4.78, 5) is 63.9. The number of carbonyl (C=O) groups excluding carboxylic acids is 5. The van der Waals surface area contributed by atoms with Crippen LogP contribution in [0, 0.1) is 11.8 Å². The lowest BCUT2D eigenvalue weighted by Gasteiger charge is -2.32. The van der Waals surface area contributed by atoms with E-state index in [4.69, 9.17) is 35.2 Å². The number of nitrogens with one attached hydrogen (secondary N) is 1. The summed E-state index contributed by atoms with van der Waals surface area (Å²) in [6.07, 6.45) is 3.46. The smallest absolute Gasteiger partial charge is 0.405 e. The summed E-state index contributed by atoms with van der Waals surface area (Å²) in [7, 11) is 4.19. The number of hydrogen-bond donors (Lipinski definition) is 3. The Hall–Kier alpha value is -4.07. The van der Waals surface area contributed by atoms with Gasteiger partial charge in [0.05, 0.1) is 25.3 Å². The zero-order valence-electron chi connectivity index (χ0n) is 26.9. The molecule has 4 unspecified atom stereocenters. The number of ketones is 2. The Bertz CT molecular complexity index is 1300. The van der Waals surface area contributed by atoms with Crippen LogP contribution in [0.3, 0.4) is 0 Å². The van der Waals surface area contributed by atoms with Crippen LogP contribution in [0.15, 0.2) is 58.6 Å². The summed E-state index contributed by atoms with van der Waals surface area (Å²) in [6, 6.07) is 0. The van der Waals surface area contributed by atoms with E-state index in [1.54, 1.807) is 19.1 Å². The van der Waals surface area contributed by atoms with Gasteiger partial charge in [0, 0.05) is 43.9 Å². The molecule has 0 fully saturated rings. The van der Waals surface area contributed by atoms with Gasteiger partial charge < -0.3 is 40.5 Å². The topological polar surface area (TPSA) is 196 Å². The van der Waals surface area contributed by atoms with Gasteiger partial charge in [0.25, 0.3) is 5.91 Å². The molecule has 0 aromatic carbocycles. The largest absolute Gasteiger partial charge is 0.492 e. The van der Waals surface area contributed by atoms with E-state index in [-0.39, 0.29) is 47.9 Å². The lowest BCUT2D eigenvalue weighted by molar-refractivity contribution is -0.160. The molecule has 13 heteroatoms. The van der Waals surface area contributed by atoms with E-state index in [0.29, 0.717) is 12.0 Å². The fourth-order valence-corrected chi connectivity index (χ4v) is 5.28. The Morgan fingerprint density at radius 1 is 1.04 bits per heavy atom. The molecule has 0 aromatic rings. The van der Waals surface area contributed by atoms with Crippen molar-refractivity contribution in [3.63, 3.8) is 0 Å². The highest BCUT2D eigenvalue weighted by atomic mass is 16.6. The van der Waals surface area contributed by atoms with Crippen molar-refractivity contribution < 1.29 is 47.7 Å². The lowest BCUT2D eigenvalue weighted by atomic mass is 9.85. The lowest BCUT2D eigenvalue weighted by Crippen LogP contribution is -2.40. The van der Waals surface area contributed by atoms with E-state index in [2.05, 4.69) is 5.32 Å². The number of rotatable bonds is 7. The van der Waals surface area contributed by atoms with Crippen LogP contribution >= 0.6 is 0 Å². The van der Waals surface area contributed by atoms with Crippen molar-refractivity contribution in [1.82, 2.24) is 5.32 Å². The number of hydrogen-bond acceptors (Lipinski definition) is 11. The molecule has 45 heavy (non-hydrogen) atoms. The quantitative estimate of drug-likeness (QED) is 0.212. The number of nitrogens with two attached hydrogens (primary N) is 2. The van der Waals surface area contributed by atoms with Crippen LogP contribution in [-0.4, -0.2) is 81.8 Å². The van der Waals surface area contributed by atoms with Crippen LogP contribution in [0.2, 0.25) is 0 Å². The first-order valence-electron chi connectivity index (χ1n) is 14.6. The molecule has 248 valence electrons. The van der Waals surface area contributed by atoms with Gasteiger partial charge in [0.2, 0.25) is 11.6 Å². The highest BCUT2D eigenvalue weighted by Crippen LogP contribution is 2.30. The number of amides is 2. The normalized spacial score (nSPS) is 30.2. The summed E-state index contributed by atoms with van der Waals surface area (Å²) in [5.41, 5.74) is 11.7. The highest BCUT2D eigenvalue weighted by Gasteiger charge is 2.35. The molecule has 2 rings (SSSR count). The predicted molar refractivity (Wildman–Crippen MR) is 164 cm³/mol. The number of esters is 1. The molecule has 0 saturated heterocycles. The van der Waals surface area contributed by atoms with E-state index in [1.807, 2.05) is 13.8 Å². The first kappa shape index (κ1) is 37.1. The fraction of sp³-hybridized carbons (Fsp3) is 0.531.